The van der Waals surface area contributed by atoms with Gasteiger partial charge in [0.05, 0.1) is 10.6 Å². The minimum atomic E-state index is -0.561. The number of anilines is 2. The average Bonchev–Trinajstić information content (AvgIpc) is 2.37. The lowest BCUT2D eigenvalue weighted by atomic mass is 10.1. The van der Waals surface area contributed by atoms with Gasteiger partial charge in [-0.25, -0.2) is 0 Å². The monoisotopic (exact) mass is 275 g/mol. The summed E-state index contributed by atoms with van der Waals surface area (Å²) in [5, 5.41) is 3.46. The fourth-order valence-corrected chi connectivity index (χ4v) is 2.08. The number of rotatable bonds is 4. The van der Waals surface area contributed by atoms with Crippen molar-refractivity contribution in [3.8, 4) is 0 Å². The van der Waals surface area contributed by atoms with E-state index in [1.54, 1.807) is 18.2 Å². The highest BCUT2D eigenvalue weighted by atomic mass is 35.5. The van der Waals surface area contributed by atoms with Gasteiger partial charge < -0.3 is 16.8 Å². The molecule has 0 bridgehead atoms. The molecular formula is C14H14ClN3O. The van der Waals surface area contributed by atoms with Gasteiger partial charge in [-0.05, 0) is 23.8 Å². The number of para-hydroxylation sites is 1. The average molecular weight is 276 g/mol. The van der Waals surface area contributed by atoms with Crippen LogP contribution in [-0.4, -0.2) is 5.91 Å². The molecule has 0 radical (unpaired) electrons. The summed E-state index contributed by atoms with van der Waals surface area (Å²) in [5.74, 6) is -0.561. The van der Waals surface area contributed by atoms with E-state index in [-0.39, 0.29) is 0 Å². The van der Waals surface area contributed by atoms with Gasteiger partial charge in [-0.1, -0.05) is 35.9 Å². The van der Waals surface area contributed by atoms with Crippen molar-refractivity contribution in [1.82, 2.24) is 0 Å². The predicted octanol–water partition coefficient (Wildman–Crippen LogP) is 2.63. The number of benzene rings is 2. The fourth-order valence-electron chi connectivity index (χ4n) is 1.81. The van der Waals surface area contributed by atoms with Gasteiger partial charge in [-0.15, -0.1) is 0 Å². The third-order valence-electron chi connectivity index (χ3n) is 2.78. The van der Waals surface area contributed by atoms with Gasteiger partial charge in [0.2, 0.25) is 0 Å². The zero-order valence-electron chi connectivity index (χ0n) is 10.2. The number of primary amides is 1. The van der Waals surface area contributed by atoms with Crippen molar-refractivity contribution in [2.75, 3.05) is 11.1 Å². The molecule has 0 aromatic heterocycles. The minimum absolute atomic E-state index is 0.290. The van der Waals surface area contributed by atoms with Crippen molar-refractivity contribution < 1.29 is 4.79 Å². The largest absolute Gasteiger partial charge is 0.398 e. The molecule has 0 unspecified atom stereocenters. The van der Waals surface area contributed by atoms with E-state index in [1.807, 2.05) is 24.3 Å². The molecule has 19 heavy (non-hydrogen) atoms. The molecule has 1 amide bonds. The van der Waals surface area contributed by atoms with E-state index in [4.69, 9.17) is 23.1 Å². The van der Waals surface area contributed by atoms with Crippen molar-refractivity contribution in [1.29, 1.82) is 0 Å². The zero-order chi connectivity index (χ0) is 13.8. The van der Waals surface area contributed by atoms with Gasteiger partial charge in [0.1, 0.15) is 0 Å². The Morgan fingerprint density at radius 2 is 1.89 bits per heavy atom. The summed E-state index contributed by atoms with van der Waals surface area (Å²) in [7, 11) is 0. The van der Waals surface area contributed by atoms with Crippen LogP contribution in [0.25, 0.3) is 0 Å². The number of halogens is 1. The Kier molecular flexibility index (Phi) is 3.92. The van der Waals surface area contributed by atoms with Gasteiger partial charge in [0, 0.05) is 17.9 Å². The molecule has 0 atom stereocenters. The summed E-state index contributed by atoms with van der Waals surface area (Å²) in [6.45, 7) is 0.493. The van der Waals surface area contributed by atoms with Crippen molar-refractivity contribution in [3.63, 3.8) is 0 Å². The van der Waals surface area contributed by atoms with Crippen LogP contribution < -0.4 is 16.8 Å². The minimum Gasteiger partial charge on any atom is -0.398 e. The molecule has 2 rings (SSSR count). The molecule has 0 saturated carbocycles. The number of nitrogen functional groups attached to an aromatic ring is 1. The molecule has 98 valence electrons. The molecule has 0 fully saturated rings. The lowest BCUT2D eigenvalue weighted by Gasteiger charge is -2.12. The maximum atomic E-state index is 11.4. The molecule has 0 saturated heterocycles. The van der Waals surface area contributed by atoms with Crippen LogP contribution in [-0.2, 0) is 6.54 Å². The molecule has 0 aliphatic carbocycles. The highest BCUT2D eigenvalue weighted by Crippen LogP contribution is 2.24. The van der Waals surface area contributed by atoms with Crippen LogP contribution in [0.3, 0.4) is 0 Å². The first-order valence-corrected chi connectivity index (χ1v) is 6.13. The molecule has 2 aromatic carbocycles. The van der Waals surface area contributed by atoms with E-state index in [2.05, 4.69) is 5.32 Å². The maximum absolute atomic E-state index is 11.4. The van der Waals surface area contributed by atoms with E-state index >= 15 is 0 Å². The number of hydrogen-bond donors (Lipinski definition) is 3. The second kappa shape index (κ2) is 5.63. The van der Waals surface area contributed by atoms with Crippen molar-refractivity contribution in [2.24, 2.45) is 5.73 Å². The van der Waals surface area contributed by atoms with Crippen LogP contribution in [0.1, 0.15) is 15.9 Å². The number of amides is 1. The quantitative estimate of drug-likeness (QED) is 0.750. The summed E-state index contributed by atoms with van der Waals surface area (Å²) in [4.78, 5) is 11.4. The number of nitrogens with two attached hydrogens (primary N) is 2. The number of nitrogens with one attached hydrogen (secondary N) is 1. The van der Waals surface area contributed by atoms with E-state index in [0.717, 1.165) is 5.56 Å². The Morgan fingerprint density at radius 1 is 1.16 bits per heavy atom. The molecule has 0 heterocycles. The number of carbonyl (C=O) groups excluding carboxylic acids is 1. The Labute approximate surface area is 116 Å². The van der Waals surface area contributed by atoms with Crippen LogP contribution in [0, 0.1) is 0 Å². The number of carbonyl (C=O) groups is 1. The lowest BCUT2D eigenvalue weighted by molar-refractivity contribution is 0.100. The topological polar surface area (TPSA) is 81.1 Å². The third kappa shape index (κ3) is 2.98. The van der Waals surface area contributed by atoms with E-state index in [9.17, 15) is 4.79 Å². The van der Waals surface area contributed by atoms with Crippen LogP contribution in [0.5, 0.6) is 0 Å². The first kappa shape index (κ1) is 13.2. The lowest BCUT2D eigenvalue weighted by Crippen LogP contribution is -2.15. The highest BCUT2D eigenvalue weighted by molar-refractivity contribution is 6.34. The summed E-state index contributed by atoms with van der Waals surface area (Å²) in [6.07, 6.45) is 0. The highest BCUT2D eigenvalue weighted by Gasteiger charge is 2.12. The van der Waals surface area contributed by atoms with Crippen LogP contribution in [0.4, 0.5) is 11.4 Å². The Morgan fingerprint density at radius 3 is 2.58 bits per heavy atom. The van der Waals surface area contributed by atoms with Crippen molar-refractivity contribution in [2.45, 2.75) is 6.54 Å². The fraction of sp³-hybridized carbons (Fsp3) is 0.0714. The Balaban J connectivity index is 2.23. The maximum Gasteiger partial charge on any atom is 0.252 e. The zero-order valence-corrected chi connectivity index (χ0v) is 10.9. The van der Waals surface area contributed by atoms with Gasteiger partial charge >= 0.3 is 0 Å². The first-order chi connectivity index (χ1) is 9.09. The van der Waals surface area contributed by atoms with Gasteiger partial charge in [-0.3, -0.25) is 4.79 Å². The van der Waals surface area contributed by atoms with Crippen LogP contribution in [0.15, 0.2) is 42.5 Å². The van der Waals surface area contributed by atoms with E-state index in [1.165, 1.54) is 0 Å². The van der Waals surface area contributed by atoms with Crippen molar-refractivity contribution >= 4 is 28.9 Å². The summed E-state index contributed by atoms with van der Waals surface area (Å²) in [6, 6.07) is 12.6. The first-order valence-electron chi connectivity index (χ1n) is 5.75. The standard InChI is InChI=1S/C14H14ClN3O/c15-10-5-3-7-12(13(10)14(17)19)18-8-9-4-1-2-6-11(9)16/h1-7,18H,8,16H2,(H2,17,19). The predicted molar refractivity (Wildman–Crippen MR) is 78.2 cm³/mol. The molecular weight excluding hydrogens is 262 g/mol. The third-order valence-corrected chi connectivity index (χ3v) is 3.10. The summed E-state index contributed by atoms with van der Waals surface area (Å²) in [5.41, 5.74) is 13.7. The smallest absolute Gasteiger partial charge is 0.252 e. The van der Waals surface area contributed by atoms with Gasteiger partial charge in [0.25, 0.3) is 5.91 Å². The Hall–Kier alpha value is -2.20. The van der Waals surface area contributed by atoms with Gasteiger partial charge in [0.15, 0.2) is 0 Å². The Bertz CT molecular complexity index is 613. The summed E-state index contributed by atoms with van der Waals surface area (Å²) < 4.78 is 0. The second-order valence-electron chi connectivity index (χ2n) is 4.08. The van der Waals surface area contributed by atoms with Crippen molar-refractivity contribution in [3.05, 3.63) is 58.6 Å². The van der Waals surface area contributed by atoms with E-state index < -0.39 is 5.91 Å². The molecule has 0 aliphatic rings. The molecule has 0 spiro atoms. The van der Waals surface area contributed by atoms with Crippen LogP contribution in [0.2, 0.25) is 5.02 Å². The molecule has 0 aliphatic heterocycles. The summed E-state index contributed by atoms with van der Waals surface area (Å²) >= 11 is 5.97. The normalized spacial score (nSPS) is 10.2. The van der Waals surface area contributed by atoms with E-state index in [0.29, 0.717) is 28.5 Å². The number of hydrogen-bond acceptors (Lipinski definition) is 3. The van der Waals surface area contributed by atoms with Crippen LogP contribution >= 0.6 is 11.6 Å². The molecule has 2 aromatic rings. The molecule has 5 heteroatoms. The SMILES string of the molecule is NC(=O)c1c(Cl)cccc1NCc1ccccc1N. The molecule has 5 N–H and O–H groups in total. The molecule has 4 nitrogen and oxygen atoms in total. The second-order valence-corrected chi connectivity index (χ2v) is 4.49. The van der Waals surface area contributed by atoms with Gasteiger partial charge in [-0.2, -0.15) is 0 Å².